The van der Waals surface area contributed by atoms with Gasteiger partial charge < -0.3 is 5.32 Å². The molecule has 0 unspecified atom stereocenters. The van der Waals surface area contributed by atoms with Gasteiger partial charge in [-0.05, 0) is 61.1 Å². The van der Waals surface area contributed by atoms with Gasteiger partial charge in [0.05, 0.1) is 0 Å². The minimum absolute atomic E-state index is 0.676. The van der Waals surface area contributed by atoms with Crippen LogP contribution in [0.15, 0.2) is 24.3 Å². The molecule has 2 saturated carbocycles. The maximum Gasteiger partial charge on any atom is 0.0408 e. The highest BCUT2D eigenvalue weighted by atomic mass is 35.5. The van der Waals surface area contributed by atoms with Gasteiger partial charge in [0, 0.05) is 17.6 Å². The fourth-order valence-electron chi connectivity index (χ4n) is 3.40. The van der Waals surface area contributed by atoms with E-state index in [2.05, 4.69) is 30.4 Å². The molecule has 2 aliphatic rings. The normalized spacial score (nSPS) is 27.9. The maximum absolute atomic E-state index is 6.05. The average molecular weight is 278 g/mol. The van der Waals surface area contributed by atoms with Crippen LogP contribution in [0.25, 0.3) is 0 Å². The lowest BCUT2D eigenvalue weighted by atomic mass is 9.75. The minimum atomic E-state index is 0.676. The minimum Gasteiger partial charge on any atom is -0.313 e. The Morgan fingerprint density at radius 1 is 1.32 bits per heavy atom. The third-order valence-electron chi connectivity index (χ3n) is 4.96. The number of nitrogens with one attached hydrogen (secondary N) is 1. The molecule has 1 aromatic carbocycles. The van der Waals surface area contributed by atoms with Crippen molar-refractivity contribution in [2.24, 2.45) is 5.41 Å². The van der Waals surface area contributed by atoms with Crippen LogP contribution in [0.3, 0.4) is 0 Å². The van der Waals surface area contributed by atoms with Crippen molar-refractivity contribution in [3.63, 3.8) is 0 Å². The molecule has 1 N–H and O–H groups in total. The Labute approximate surface area is 121 Å². The molecule has 1 aromatic rings. The largest absolute Gasteiger partial charge is 0.313 e. The molecule has 2 aliphatic carbocycles. The zero-order valence-corrected chi connectivity index (χ0v) is 12.5. The molecule has 104 valence electrons. The summed E-state index contributed by atoms with van der Waals surface area (Å²) in [5.41, 5.74) is 2.09. The van der Waals surface area contributed by atoms with Crippen molar-refractivity contribution in [1.29, 1.82) is 0 Å². The van der Waals surface area contributed by atoms with Crippen molar-refractivity contribution < 1.29 is 0 Å². The van der Waals surface area contributed by atoms with E-state index in [9.17, 15) is 0 Å². The Morgan fingerprint density at radius 2 is 2.11 bits per heavy atom. The van der Waals surface area contributed by atoms with Crippen LogP contribution in [0.2, 0.25) is 5.02 Å². The molecular weight excluding hydrogens is 254 g/mol. The molecule has 0 saturated heterocycles. The molecule has 2 fully saturated rings. The summed E-state index contributed by atoms with van der Waals surface area (Å²) < 4.78 is 0. The summed E-state index contributed by atoms with van der Waals surface area (Å²) >= 11 is 6.05. The summed E-state index contributed by atoms with van der Waals surface area (Å²) in [6.07, 6.45) is 8.18. The van der Waals surface area contributed by atoms with Gasteiger partial charge >= 0.3 is 0 Å². The Kier molecular flexibility index (Phi) is 3.86. The van der Waals surface area contributed by atoms with E-state index in [0.717, 1.165) is 17.0 Å². The van der Waals surface area contributed by atoms with E-state index >= 15 is 0 Å². The van der Waals surface area contributed by atoms with Crippen molar-refractivity contribution in [3.8, 4) is 0 Å². The molecule has 2 heteroatoms. The van der Waals surface area contributed by atoms with E-state index in [1.54, 1.807) is 0 Å². The lowest BCUT2D eigenvalue weighted by molar-refractivity contribution is 0.266. The number of halogens is 1. The second kappa shape index (κ2) is 5.46. The molecule has 1 nitrogen and oxygen atoms in total. The van der Waals surface area contributed by atoms with Gasteiger partial charge in [-0.2, -0.15) is 0 Å². The summed E-state index contributed by atoms with van der Waals surface area (Å²) in [5, 5.41) is 4.66. The molecule has 0 amide bonds. The molecule has 0 aliphatic heterocycles. The van der Waals surface area contributed by atoms with Crippen LogP contribution in [-0.4, -0.2) is 12.6 Å². The molecule has 0 bridgehead atoms. The summed E-state index contributed by atoms with van der Waals surface area (Å²) in [6.45, 7) is 3.55. The van der Waals surface area contributed by atoms with E-state index in [0.29, 0.717) is 5.41 Å². The molecule has 3 rings (SSSR count). The van der Waals surface area contributed by atoms with Crippen LogP contribution in [0, 0.1) is 5.41 Å². The Bertz CT molecular complexity index is 433. The van der Waals surface area contributed by atoms with Gasteiger partial charge in [0.15, 0.2) is 0 Å². The number of hydrogen-bond acceptors (Lipinski definition) is 1. The summed E-state index contributed by atoms with van der Waals surface area (Å²) in [4.78, 5) is 0. The van der Waals surface area contributed by atoms with Crippen LogP contribution in [0.4, 0.5) is 0 Å². The predicted octanol–water partition coefficient (Wildman–Crippen LogP) is 4.76. The molecule has 0 aromatic heterocycles. The second-order valence-corrected chi connectivity index (χ2v) is 6.99. The van der Waals surface area contributed by atoms with Crippen molar-refractivity contribution in [1.82, 2.24) is 5.32 Å². The topological polar surface area (TPSA) is 12.0 Å². The first-order valence-corrected chi connectivity index (χ1v) is 8.07. The third-order valence-corrected chi connectivity index (χ3v) is 5.20. The molecular formula is C17H24ClN. The van der Waals surface area contributed by atoms with Crippen LogP contribution < -0.4 is 5.32 Å². The van der Waals surface area contributed by atoms with E-state index < -0.39 is 0 Å². The zero-order chi connectivity index (χ0) is 13.3. The average Bonchev–Trinajstić information content (AvgIpc) is 3.08. The summed E-state index contributed by atoms with van der Waals surface area (Å²) in [6, 6.07) is 9.10. The lowest BCUT2D eigenvalue weighted by Crippen LogP contribution is -2.42. The van der Waals surface area contributed by atoms with E-state index in [1.165, 1.54) is 50.6 Å². The van der Waals surface area contributed by atoms with E-state index in [1.807, 2.05) is 6.07 Å². The smallest absolute Gasteiger partial charge is 0.0408 e. The third kappa shape index (κ3) is 3.14. The predicted molar refractivity (Wildman–Crippen MR) is 81.8 cm³/mol. The molecule has 0 spiro atoms. The Hall–Kier alpha value is -0.530. The highest BCUT2D eigenvalue weighted by Gasteiger charge is 2.42. The van der Waals surface area contributed by atoms with E-state index in [4.69, 9.17) is 11.6 Å². The first kappa shape index (κ1) is 13.5. The van der Waals surface area contributed by atoms with Crippen LogP contribution in [-0.2, 0) is 0 Å². The van der Waals surface area contributed by atoms with Gasteiger partial charge in [-0.15, -0.1) is 0 Å². The Morgan fingerprint density at radius 3 is 2.74 bits per heavy atom. The van der Waals surface area contributed by atoms with Gasteiger partial charge in [-0.25, -0.2) is 0 Å². The number of rotatable bonds is 6. The first-order valence-electron chi connectivity index (χ1n) is 7.70. The van der Waals surface area contributed by atoms with Gasteiger partial charge in [-0.3, -0.25) is 0 Å². The standard InChI is InChI=1S/C17H24ClN/c1-2-6-17(7-8-17)12-19-16-10-14(11-16)13-4-3-5-15(18)9-13/h3-5,9,14,16,19H,2,6-8,10-12H2,1H3. The Balaban J connectivity index is 1.43. The zero-order valence-electron chi connectivity index (χ0n) is 11.8. The monoisotopic (exact) mass is 277 g/mol. The van der Waals surface area contributed by atoms with Crippen molar-refractivity contribution in [3.05, 3.63) is 34.9 Å². The molecule has 19 heavy (non-hydrogen) atoms. The summed E-state index contributed by atoms with van der Waals surface area (Å²) in [7, 11) is 0. The number of hydrogen-bond donors (Lipinski definition) is 1. The summed E-state index contributed by atoms with van der Waals surface area (Å²) in [5.74, 6) is 0.720. The quantitative estimate of drug-likeness (QED) is 0.791. The van der Waals surface area contributed by atoms with Gasteiger partial charge in [0.1, 0.15) is 0 Å². The fraction of sp³-hybridized carbons (Fsp3) is 0.647. The SMILES string of the molecule is CCCC1(CNC2CC(c3cccc(Cl)c3)C2)CC1. The lowest BCUT2D eigenvalue weighted by Gasteiger charge is -2.37. The molecule has 0 radical (unpaired) electrons. The van der Waals surface area contributed by atoms with Crippen LogP contribution in [0.1, 0.15) is 56.9 Å². The van der Waals surface area contributed by atoms with Crippen molar-refractivity contribution >= 4 is 11.6 Å². The highest BCUT2D eigenvalue weighted by Crippen LogP contribution is 2.49. The highest BCUT2D eigenvalue weighted by molar-refractivity contribution is 6.30. The molecule has 0 atom stereocenters. The van der Waals surface area contributed by atoms with Gasteiger partial charge in [-0.1, -0.05) is 37.1 Å². The van der Waals surface area contributed by atoms with Crippen LogP contribution in [0.5, 0.6) is 0 Å². The van der Waals surface area contributed by atoms with Gasteiger partial charge in [0.25, 0.3) is 0 Å². The number of benzene rings is 1. The molecule has 0 heterocycles. The first-order chi connectivity index (χ1) is 9.21. The maximum atomic E-state index is 6.05. The van der Waals surface area contributed by atoms with Crippen LogP contribution >= 0.6 is 11.6 Å². The van der Waals surface area contributed by atoms with Gasteiger partial charge in [0.2, 0.25) is 0 Å². The van der Waals surface area contributed by atoms with E-state index in [-0.39, 0.29) is 0 Å². The van der Waals surface area contributed by atoms with Crippen molar-refractivity contribution in [2.45, 2.75) is 57.4 Å². The second-order valence-electron chi connectivity index (χ2n) is 6.55. The van der Waals surface area contributed by atoms with Crippen molar-refractivity contribution in [2.75, 3.05) is 6.54 Å². The fourth-order valence-corrected chi connectivity index (χ4v) is 3.60.